The molecule has 0 bridgehead atoms. The first kappa shape index (κ1) is 15.9. The molecule has 3 N–H and O–H groups in total. The minimum Gasteiger partial charge on any atom is -0.343 e. The lowest BCUT2D eigenvalue weighted by Crippen LogP contribution is -2.43. The van der Waals surface area contributed by atoms with Crippen LogP contribution in [0.4, 0.5) is 0 Å². The summed E-state index contributed by atoms with van der Waals surface area (Å²) in [6.45, 7) is 3.72. The Morgan fingerprint density at radius 1 is 1.38 bits per heavy atom. The van der Waals surface area contributed by atoms with Crippen molar-refractivity contribution in [2.75, 3.05) is 13.1 Å². The van der Waals surface area contributed by atoms with E-state index < -0.39 is 10.0 Å². The van der Waals surface area contributed by atoms with Crippen molar-refractivity contribution in [3.63, 3.8) is 0 Å². The number of likely N-dealkylation sites (tertiary alicyclic amines) is 1. The molecule has 0 aromatic heterocycles. The average molecular weight is 311 g/mol. The Labute approximate surface area is 125 Å². The fourth-order valence-corrected chi connectivity index (χ4v) is 3.08. The summed E-state index contributed by atoms with van der Waals surface area (Å²) in [7, 11) is -3.66. The number of carbonyl (C=O) groups excluding carboxylic acids is 1. The second-order valence-corrected chi connectivity index (χ2v) is 6.92. The number of primary sulfonamides is 1. The van der Waals surface area contributed by atoms with Gasteiger partial charge in [0, 0.05) is 32.6 Å². The molecule has 0 radical (unpaired) electrons. The lowest BCUT2D eigenvalue weighted by molar-refractivity contribution is -0.129. The van der Waals surface area contributed by atoms with E-state index in [1.54, 1.807) is 19.1 Å². The lowest BCUT2D eigenvalue weighted by Gasteiger charge is -2.31. The molecule has 1 saturated heterocycles. The molecule has 0 aliphatic carbocycles. The van der Waals surface area contributed by atoms with E-state index in [-0.39, 0.29) is 10.8 Å². The number of hydrogen-bond acceptors (Lipinski definition) is 4. The monoisotopic (exact) mass is 311 g/mol. The van der Waals surface area contributed by atoms with Gasteiger partial charge >= 0.3 is 0 Å². The van der Waals surface area contributed by atoms with Crippen molar-refractivity contribution in [2.24, 2.45) is 5.14 Å². The molecule has 0 saturated carbocycles. The molecule has 1 aliphatic heterocycles. The zero-order valence-corrected chi connectivity index (χ0v) is 12.9. The van der Waals surface area contributed by atoms with Gasteiger partial charge in [-0.25, -0.2) is 13.6 Å². The van der Waals surface area contributed by atoms with Crippen LogP contribution in [0.2, 0.25) is 0 Å². The van der Waals surface area contributed by atoms with E-state index >= 15 is 0 Å². The third-order valence-corrected chi connectivity index (χ3v) is 4.67. The minimum absolute atomic E-state index is 0.120. The average Bonchev–Trinajstić information content (AvgIpc) is 2.45. The zero-order valence-electron chi connectivity index (χ0n) is 12.1. The van der Waals surface area contributed by atoms with Gasteiger partial charge in [0.15, 0.2) is 0 Å². The number of hydrogen-bond donors (Lipinski definition) is 2. The Bertz CT molecular complexity index is 608. The van der Waals surface area contributed by atoms with Gasteiger partial charge in [-0.1, -0.05) is 12.1 Å². The molecule has 7 heteroatoms. The first-order valence-electron chi connectivity index (χ1n) is 6.97. The van der Waals surface area contributed by atoms with Crippen LogP contribution < -0.4 is 10.5 Å². The molecule has 1 amide bonds. The molecule has 0 unspecified atom stereocenters. The van der Waals surface area contributed by atoms with E-state index in [4.69, 9.17) is 5.14 Å². The van der Waals surface area contributed by atoms with Crippen molar-refractivity contribution >= 4 is 15.9 Å². The SMILES string of the molecule is CC(=O)N1CCC(NCc2cccc(S(N)(=O)=O)c2)CC1. The molecule has 2 rings (SSSR count). The van der Waals surface area contributed by atoms with E-state index in [9.17, 15) is 13.2 Å². The van der Waals surface area contributed by atoms with Crippen molar-refractivity contribution < 1.29 is 13.2 Å². The van der Waals surface area contributed by atoms with Gasteiger partial charge in [-0.15, -0.1) is 0 Å². The normalized spacial score (nSPS) is 17.0. The molecule has 0 atom stereocenters. The van der Waals surface area contributed by atoms with Gasteiger partial charge in [-0.2, -0.15) is 0 Å². The molecular weight excluding hydrogens is 290 g/mol. The van der Waals surface area contributed by atoms with Crippen LogP contribution in [-0.2, 0) is 21.4 Å². The topological polar surface area (TPSA) is 92.5 Å². The number of nitrogens with zero attached hydrogens (tertiary/aromatic N) is 1. The van der Waals surface area contributed by atoms with Crippen LogP contribution in [0.5, 0.6) is 0 Å². The number of amides is 1. The van der Waals surface area contributed by atoms with Crippen molar-refractivity contribution in [1.82, 2.24) is 10.2 Å². The number of sulfonamides is 1. The third kappa shape index (κ3) is 4.52. The predicted molar refractivity (Wildman–Crippen MR) is 79.9 cm³/mol. The van der Waals surface area contributed by atoms with Crippen molar-refractivity contribution in [3.8, 4) is 0 Å². The number of nitrogens with one attached hydrogen (secondary N) is 1. The third-order valence-electron chi connectivity index (χ3n) is 3.76. The highest BCUT2D eigenvalue weighted by molar-refractivity contribution is 7.89. The van der Waals surface area contributed by atoms with Crippen LogP contribution in [0.3, 0.4) is 0 Å². The highest BCUT2D eigenvalue weighted by Gasteiger charge is 2.20. The van der Waals surface area contributed by atoms with Crippen molar-refractivity contribution in [2.45, 2.75) is 37.2 Å². The van der Waals surface area contributed by atoms with Crippen LogP contribution >= 0.6 is 0 Å². The van der Waals surface area contributed by atoms with Gasteiger partial charge < -0.3 is 10.2 Å². The molecule has 1 heterocycles. The Hall–Kier alpha value is -1.44. The van der Waals surface area contributed by atoms with Crippen LogP contribution in [0.25, 0.3) is 0 Å². The highest BCUT2D eigenvalue weighted by Crippen LogP contribution is 2.13. The second-order valence-electron chi connectivity index (χ2n) is 5.35. The summed E-state index contributed by atoms with van der Waals surface area (Å²) in [6, 6.07) is 6.98. The van der Waals surface area contributed by atoms with Gasteiger partial charge in [0.25, 0.3) is 0 Å². The largest absolute Gasteiger partial charge is 0.343 e. The maximum Gasteiger partial charge on any atom is 0.238 e. The zero-order chi connectivity index (χ0) is 15.5. The van der Waals surface area contributed by atoms with E-state index in [0.717, 1.165) is 31.5 Å². The van der Waals surface area contributed by atoms with Crippen LogP contribution in [0.1, 0.15) is 25.3 Å². The van der Waals surface area contributed by atoms with Crippen LogP contribution in [0, 0.1) is 0 Å². The summed E-state index contributed by atoms with van der Waals surface area (Å²) in [5.74, 6) is 0.120. The maximum absolute atomic E-state index is 11.3. The van der Waals surface area contributed by atoms with E-state index in [1.807, 2.05) is 11.0 Å². The minimum atomic E-state index is -3.66. The molecule has 1 fully saturated rings. The molecule has 1 aliphatic rings. The summed E-state index contributed by atoms with van der Waals surface area (Å²) in [5.41, 5.74) is 0.885. The Kier molecular flexibility index (Phi) is 4.97. The Morgan fingerprint density at radius 2 is 2.05 bits per heavy atom. The van der Waals surface area contributed by atoms with E-state index in [2.05, 4.69) is 5.32 Å². The number of benzene rings is 1. The summed E-state index contributed by atoms with van der Waals surface area (Å²) >= 11 is 0. The first-order chi connectivity index (χ1) is 9.86. The molecular formula is C14H21N3O3S. The molecule has 116 valence electrons. The summed E-state index contributed by atoms with van der Waals surface area (Å²) < 4.78 is 22.6. The quantitative estimate of drug-likeness (QED) is 0.843. The van der Waals surface area contributed by atoms with E-state index in [1.165, 1.54) is 6.07 Å². The van der Waals surface area contributed by atoms with Crippen LogP contribution in [0.15, 0.2) is 29.2 Å². The standard InChI is InChI=1S/C14H21N3O3S/c1-11(18)17-7-5-13(6-8-17)16-10-12-3-2-4-14(9-12)21(15,19)20/h2-4,9,13,16H,5-8,10H2,1H3,(H2,15,19,20). The first-order valence-corrected chi connectivity index (χ1v) is 8.51. The molecule has 0 spiro atoms. The fraction of sp³-hybridized carbons (Fsp3) is 0.500. The van der Waals surface area contributed by atoms with E-state index in [0.29, 0.717) is 12.6 Å². The Morgan fingerprint density at radius 3 is 2.62 bits per heavy atom. The summed E-state index contributed by atoms with van der Waals surface area (Å²) in [4.78, 5) is 13.2. The summed E-state index contributed by atoms with van der Waals surface area (Å²) in [5, 5.41) is 8.52. The highest BCUT2D eigenvalue weighted by atomic mass is 32.2. The lowest BCUT2D eigenvalue weighted by atomic mass is 10.0. The summed E-state index contributed by atoms with van der Waals surface area (Å²) in [6.07, 6.45) is 1.82. The fourth-order valence-electron chi connectivity index (χ4n) is 2.49. The van der Waals surface area contributed by atoms with Gasteiger partial charge in [0.1, 0.15) is 0 Å². The van der Waals surface area contributed by atoms with Gasteiger partial charge in [-0.3, -0.25) is 4.79 Å². The van der Waals surface area contributed by atoms with Crippen LogP contribution in [-0.4, -0.2) is 38.4 Å². The number of nitrogens with two attached hydrogens (primary N) is 1. The van der Waals surface area contributed by atoms with Crippen molar-refractivity contribution in [3.05, 3.63) is 29.8 Å². The second kappa shape index (κ2) is 6.55. The molecule has 6 nitrogen and oxygen atoms in total. The van der Waals surface area contributed by atoms with Gasteiger partial charge in [0.2, 0.25) is 15.9 Å². The smallest absolute Gasteiger partial charge is 0.238 e. The predicted octanol–water partition coefficient (Wildman–Crippen LogP) is 0.435. The number of rotatable bonds is 4. The maximum atomic E-state index is 11.3. The molecule has 1 aromatic carbocycles. The number of piperidine rings is 1. The van der Waals surface area contributed by atoms with Crippen molar-refractivity contribution in [1.29, 1.82) is 0 Å². The Balaban J connectivity index is 1.88. The number of carbonyl (C=O) groups is 1. The van der Waals surface area contributed by atoms with Gasteiger partial charge in [-0.05, 0) is 30.5 Å². The van der Waals surface area contributed by atoms with Gasteiger partial charge in [0.05, 0.1) is 4.90 Å². The molecule has 21 heavy (non-hydrogen) atoms. The molecule has 1 aromatic rings.